The monoisotopic (exact) mass is 376 g/mol. The number of hydrogen-bond donors (Lipinski definition) is 0. The topological polar surface area (TPSA) is 24.9 Å². The molecule has 0 aliphatic carbocycles. The van der Waals surface area contributed by atoms with Crippen LogP contribution in [0, 0.1) is 11.8 Å². The number of likely N-dealkylation sites (tertiary alicyclic amines) is 2. The summed E-state index contributed by atoms with van der Waals surface area (Å²) in [5.74, 6) is 1.11. The lowest BCUT2D eigenvalue weighted by Gasteiger charge is -2.27. The fraction of sp³-hybridized carbons (Fsp3) is 1.00. The van der Waals surface area contributed by atoms with Crippen molar-refractivity contribution in [2.24, 2.45) is 11.8 Å². The van der Waals surface area contributed by atoms with Gasteiger partial charge >= 0.3 is 6.61 Å². The van der Waals surface area contributed by atoms with E-state index in [0.717, 1.165) is 25.8 Å². The zero-order valence-electron chi connectivity index (χ0n) is 17.3. The molecule has 0 aromatic heterocycles. The van der Waals surface area contributed by atoms with Crippen molar-refractivity contribution in [3.63, 3.8) is 0 Å². The Morgan fingerprint density at radius 1 is 0.846 bits per heavy atom. The van der Waals surface area contributed by atoms with E-state index in [1.807, 2.05) is 7.05 Å². The first-order valence-corrected chi connectivity index (χ1v) is 10.2. The molecular weight excluding hydrogens is 338 g/mol. The van der Waals surface area contributed by atoms with Gasteiger partial charge in [0, 0.05) is 25.2 Å². The minimum Gasteiger partial charge on any atom is -0.374 e. The first-order valence-electron chi connectivity index (χ1n) is 10.2. The van der Waals surface area contributed by atoms with Crippen molar-refractivity contribution in [3.8, 4) is 0 Å². The van der Waals surface area contributed by atoms with Crippen LogP contribution >= 0.6 is 0 Å². The molecule has 6 heteroatoms. The van der Waals surface area contributed by atoms with Crippen LogP contribution < -0.4 is 0 Å². The molecule has 4 nitrogen and oxygen atoms in total. The summed E-state index contributed by atoms with van der Waals surface area (Å²) < 4.78 is 35.9. The Morgan fingerprint density at radius 2 is 1.38 bits per heavy atom. The molecule has 6 unspecified atom stereocenters. The third-order valence-corrected chi connectivity index (χ3v) is 6.30. The van der Waals surface area contributed by atoms with Gasteiger partial charge in [0.05, 0.1) is 18.3 Å². The molecule has 0 radical (unpaired) electrons. The fourth-order valence-electron chi connectivity index (χ4n) is 4.84. The first kappa shape index (κ1) is 22.0. The number of rotatable bonds is 9. The van der Waals surface area contributed by atoms with Gasteiger partial charge in [-0.3, -0.25) is 0 Å². The highest BCUT2D eigenvalue weighted by Gasteiger charge is 2.36. The van der Waals surface area contributed by atoms with Crippen molar-refractivity contribution in [1.29, 1.82) is 0 Å². The Hall–Kier alpha value is -0.300. The van der Waals surface area contributed by atoms with Crippen LogP contribution in [-0.4, -0.2) is 74.0 Å². The van der Waals surface area contributed by atoms with Gasteiger partial charge in [-0.25, -0.2) is 0 Å². The van der Waals surface area contributed by atoms with Crippen molar-refractivity contribution < 1.29 is 18.3 Å². The number of halogens is 2. The summed E-state index contributed by atoms with van der Waals surface area (Å²) in [5.41, 5.74) is 0. The standard InChI is InChI=1S/C20H38F2N2O2/c1-13(2)18-9-16(11-23(18)5)25-15(4)8-7-14(3)19-10-17(12-24(19)6)26-20(21)22/h13-20H,7-12H2,1-6H3. The molecule has 2 heterocycles. The molecule has 0 spiro atoms. The van der Waals surface area contributed by atoms with Gasteiger partial charge in [0.1, 0.15) is 0 Å². The van der Waals surface area contributed by atoms with Gasteiger partial charge in [-0.2, -0.15) is 8.78 Å². The van der Waals surface area contributed by atoms with Crippen LogP contribution in [0.5, 0.6) is 0 Å². The molecule has 0 N–H and O–H groups in total. The lowest BCUT2D eigenvalue weighted by Crippen LogP contribution is -2.32. The van der Waals surface area contributed by atoms with E-state index in [2.05, 4.69) is 44.5 Å². The second-order valence-electron chi connectivity index (χ2n) is 8.87. The smallest absolute Gasteiger partial charge is 0.345 e. The van der Waals surface area contributed by atoms with Gasteiger partial charge in [0.25, 0.3) is 0 Å². The minimum atomic E-state index is -2.67. The summed E-state index contributed by atoms with van der Waals surface area (Å²) in [6.07, 6.45) is 4.10. The average Bonchev–Trinajstić information content (AvgIpc) is 3.07. The molecular formula is C20H38F2N2O2. The molecule has 0 bridgehead atoms. The largest absolute Gasteiger partial charge is 0.374 e. The van der Waals surface area contributed by atoms with Crippen molar-refractivity contribution >= 4 is 0 Å². The number of likely N-dealkylation sites (N-methyl/N-ethyl adjacent to an activating group) is 2. The van der Waals surface area contributed by atoms with E-state index < -0.39 is 6.61 Å². The minimum absolute atomic E-state index is 0.238. The number of alkyl halides is 2. The molecule has 2 aliphatic heterocycles. The zero-order valence-corrected chi connectivity index (χ0v) is 17.3. The average molecular weight is 377 g/mol. The molecule has 26 heavy (non-hydrogen) atoms. The maximum absolute atomic E-state index is 12.4. The van der Waals surface area contributed by atoms with Crippen LogP contribution in [-0.2, 0) is 9.47 Å². The molecule has 2 rings (SSSR count). The number of ether oxygens (including phenoxy) is 2. The molecule has 2 saturated heterocycles. The van der Waals surface area contributed by atoms with Gasteiger partial charge in [0.2, 0.25) is 0 Å². The number of hydrogen-bond acceptors (Lipinski definition) is 4. The second kappa shape index (κ2) is 9.76. The molecule has 6 atom stereocenters. The van der Waals surface area contributed by atoms with Crippen LogP contribution in [0.15, 0.2) is 0 Å². The second-order valence-corrected chi connectivity index (χ2v) is 8.87. The Morgan fingerprint density at radius 3 is 1.92 bits per heavy atom. The molecule has 0 saturated carbocycles. The summed E-state index contributed by atoms with van der Waals surface area (Å²) in [7, 11) is 4.20. The highest BCUT2D eigenvalue weighted by atomic mass is 19.3. The van der Waals surface area contributed by atoms with E-state index in [1.165, 1.54) is 0 Å². The predicted molar refractivity (Wildman–Crippen MR) is 101 cm³/mol. The van der Waals surface area contributed by atoms with Gasteiger partial charge in [-0.05, 0) is 58.5 Å². The van der Waals surface area contributed by atoms with Crippen molar-refractivity contribution in [1.82, 2.24) is 9.80 Å². The maximum Gasteiger partial charge on any atom is 0.345 e. The fourth-order valence-corrected chi connectivity index (χ4v) is 4.84. The predicted octanol–water partition coefficient (Wildman–Crippen LogP) is 3.85. The van der Waals surface area contributed by atoms with Crippen LogP contribution in [0.2, 0.25) is 0 Å². The van der Waals surface area contributed by atoms with Crippen LogP contribution in [0.4, 0.5) is 8.78 Å². The lowest BCUT2D eigenvalue weighted by molar-refractivity contribution is -0.158. The van der Waals surface area contributed by atoms with Gasteiger partial charge < -0.3 is 19.3 Å². The van der Waals surface area contributed by atoms with Crippen LogP contribution in [0.25, 0.3) is 0 Å². The quantitative estimate of drug-likeness (QED) is 0.610. The van der Waals surface area contributed by atoms with Crippen molar-refractivity contribution in [2.45, 2.75) is 90.4 Å². The Balaban J connectivity index is 1.71. The molecule has 0 amide bonds. The number of nitrogens with zero attached hydrogens (tertiary/aromatic N) is 2. The Bertz CT molecular complexity index is 425. The molecule has 0 aromatic carbocycles. The molecule has 2 fully saturated rings. The first-order chi connectivity index (χ1) is 12.2. The highest BCUT2D eigenvalue weighted by Crippen LogP contribution is 2.30. The Labute approximate surface area is 158 Å². The van der Waals surface area contributed by atoms with Gasteiger partial charge in [0.15, 0.2) is 0 Å². The van der Waals surface area contributed by atoms with Crippen LogP contribution in [0.3, 0.4) is 0 Å². The van der Waals surface area contributed by atoms with E-state index in [1.54, 1.807) is 0 Å². The Kier molecular flexibility index (Phi) is 8.26. The van der Waals surface area contributed by atoms with E-state index in [4.69, 9.17) is 9.47 Å². The van der Waals surface area contributed by atoms with Gasteiger partial charge in [-0.1, -0.05) is 20.8 Å². The van der Waals surface area contributed by atoms with Crippen molar-refractivity contribution in [3.05, 3.63) is 0 Å². The van der Waals surface area contributed by atoms with E-state index in [-0.39, 0.29) is 12.2 Å². The highest BCUT2D eigenvalue weighted by molar-refractivity contribution is 4.88. The van der Waals surface area contributed by atoms with E-state index >= 15 is 0 Å². The zero-order chi connectivity index (χ0) is 19.4. The summed E-state index contributed by atoms with van der Waals surface area (Å²) >= 11 is 0. The summed E-state index contributed by atoms with van der Waals surface area (Å²) in [4.78, 5) is 4.59. The van der Waals surface area contributed by atoms with Crippen molar-refractivity contribution in [2.75, 3.05) is 27.2 Å². The maximum atomic E-state index is 12.4. The summed E-state index contributed by atoms with van der Waals surface area (Å²) in [5, 5.41) is 0. The normalized spacial score (nSPS) is 33.5. The summed E-state index contributed by atoms with van der Waals surface area (Å²) in [6, 6.07) is 0.930. The molecule has 2 aliphatic rings. The SMILES string of the molecule is CC(CCC(C)C1CC(OC(F)F)CN1C)OC1CC(C(C)C)N(C)C1. The van der Waals surface area contributed by atoms with E-state index in [9.17, 15) is 8.78 Å². The molecule has 0 aromatic rings. The lowest BCUT2D eigenvalue weighted by atomic mass is 9.93. The molecule has 154 valence electrons. The van der Waals surface area contributed by atoms with Gasteiger partial charge in [-0.15, -0.1) is 0 Å². The van der Waals surface area contributed by atoms with Crippen LogP contribution in [0.1, 0.15) is 53.4 Å². The third-order valence-electron chi connectivity index (χ3n) is 6.30. The van der Waals surface area contributed by atoms with E-state index in [0.29, 0.717) is 43.0 Å². The summed E-state index contributed by atoms with van der Waals surface area (Å²) in [6.45, 7) is 7.87. The third kappa shape index (κ3) is 6.11.